The lowest BCUT2D eigenvalue weighted by Gasteiger charge is -2.30. The molecular weight excluding hydrogens is 392 g/mol. The quantitative estimate of drug-likeness (QED) is 0.437. The van der Waals surface area contributed by atoms with Crippen LogP contribution in [0.15, 0.2) is 24.4 Å². The molecule has 31 heavy (non-hydrogen) atoms. The van der Waals surface area contributed by atoms with Crippen LogP contribution in [0.3, 0.4) is 0 Å². The van der Waals surface area contributed by atoms with Gasteiger partial charge >= 0.3 is 0 Å². The van der Waals surface area contributed by atoms with Gasteiger partial charge in [0.25, 0.3) is 5.91 Å². The van der Waals surface area contributed by atoms with Gasteiger partial charge in [0.15, 0.2) is 5.69 Å². The molecule has 168 valence electrons. The molecule has 2 heterocycles. The van der Waals surface area contributed by atoms with Crippen LogP contribution < -0.4 is 22.1 Å². The number of hydrogen-bond acceptors (Lipinski definition) is 7. The van der Waals surface area contributed by atoms with E-state index in [1.54, 1.807) is 20.0 Å². The van der Waals surface area contributed by atoms with Crippen molar-refractivity contribution in [2.75, 3.05) is 10.6 Å². The van der Waals surface area contributed by atoms with Gasteiger partial charge < -0.3 is 27.2 Å². The summed E-state index contributed by atoms with van der Waals surface area (Å²) in [6, 6.07) is 6.01. The summed E-state index contributed by atoms with van der Waals surface area (Å²) in [5.41, 5.74) is 14.4. The van der Waals surface area contributed by atoms with Crippen molar-refractivity contribution in [3.8, 4) is 0 Å². The van der Waals surface area contributed by atoms with Gasteiger partial charge in [-0.25, -0.2) is 9.97 Å². The van der Waals surface area contributed by atoms with E-state index in [1.165, 1.54) is 0 Å². The van der Waals surface area contributed by atoms with Crippen LogP contribution >= 0.6 is 0 Å². The molecule has 1 aliphatic carbocycles. The van der Waals surface area contributed by atoms with Gasteiger partial charge in [0.05, 0.1) is 23.2 Å². The summed E-state index contributed by atoms with van der Waals surface area (Å²) >= 11 is 0. The van der Waals surface area contributed by atoms with Gasteiger partial charge in [-0.1, -0.05) is 12.8 Å². The molecule has 2 aromatic rings. The number of nitrogens with two attached hydrogens (primary N) is 2. The van der Waals surface area contributed by atoms with Crippen molar-refractivity contribution in [2.24, 2.45) is 11.5 Å². The Bertz CT molecular complexity index is 925. The molecule has 0 bridgehead atoms. The molecule has 0 radical (unpaired) electrons. The van der Waals surface area contributed by atoms with Gasteiger partial charge in [-0.05, 0) is 70.2 Å². The predicted molar refractivity (Wildman–Crippen MR) is 123 cm³/mol. The number of aromatic nitrogens is 2. The fraction of sp³-hybridized carbons (Fsp3) is 0.522. The van der Waals surface area contributed by atoms with Crippen LogP contribution in [0.4, 0.5) is 17.2 Å². The molecule has 0 aliphatic heterocycles. The van der Waals surface area contributed by atoms with E-state index in [1.807, 2.05) is 25.1 Å². The second kappa shape index (κ2) is 9.62. The van der Waals surface area contributed by atoms with Crippen LogP contribution in [0, 0.1) is 6.92 Å². The molecular formula is C23H34N6O2. The fourth-order valence-corrected chi connectivity index (χ4v) is 3.92. The second-order valence-electron chi connectivity index (χ2n) is 9.12. The van der Waals surface area contributed by atoms with E-state index in [-0.39, 0.29) is 17.8 Å². The minimum Gasteiger partial charge on any atom is -0.390 e. The smallest absolute Gasteiger partial charge is 0.269 e. The first-order valence-electron chi connectivity index (χ1n) is 10.9. The van der Waals surface area contributed by atoms with Crippen LogP contribution in [0.25, 0.3) is 0 Å². The standard InChI is InChI=1S/C23H34N6O2/c1-14-10-15(8-9-23(2,3)31)11-20(27-14)29-19-12-16(13-26-21(19)22(25)30)28-18-7-5-4-6-17(18)24/h10-13,17-18,28,31H,4-9,24H2,1-3H3,(H2,25,30)(H,27,29)/t17-,18+/m0/s1. The molecule has 8 nitrogen and oxygen atoms in total. The molecule has 2 aromatic heterocycles. The maximum atomic E-state index is 11.9. The average Bonchev–Trinajstić information content (AvgIpc) is 2.67. The lowest BCUT2D eigenvalue weighted by atomic mass is 9.91. The van der Waals surface area contributed by atoms with Gasteiger partial charge in [-0.15, -0.1) is 0 Å². The van der Waals surface area contributed by atoms with Crippen LogP contribution in [0.5, 0.6) is 0 Å². The maximum Gasteiger partial charge on any atom is 0.269 e. The van der Waals surface area contributed by atoms with Crippen molar-refractivity contribution in [1.29, 1.82) is 0 Å². The van der Waals surface area contributed by atoms with E-state index < -0.39 is 11.5 Å². The number of hydrogen-bond donors (Lipinski definition) is 5. The van der Waals surface area contributed by atoms with E-state index in [4.69, 9.17) is 11.5 Å². The maximum absolute atomic E-state index is 11.9. The minimum atomic E-state index is -0.742. The van der Waals surface area contributed by atoms with Gasteiger partial charge in [0.2, 0.25) is 0 Å². The second-order valence-corrected chi connectivity index (χ2v) is 9.12. The third kappa shape index (κ3) is 6.63. The number of nitrogens with one attached hydrogen (secondary N) is 2. The van der Waals surface area contributed by atoms with Crippen molar-refractivity contribution in [1.82, 2.24) is 9.97 Å². The van der Waals surface area contributed by atoms with Crippen LogP contribution in [-0.4, -0.2) is 38.7 Å². The van der Waals surface area contributed by atoms with Crippen molar-refractivity contribution in [3.05, 3.63) is 41.3 Å². The normalized spacial score (nSPS) is 19.1. The minimum absolute atomic E-state index is 0.0951. The molecule has 1 fully saturated rings. The van der Waals surface area contributed by atoms with Crippen LogP contribution in [0.2, 0.25) is 0 Å². The molecule has 0 unspecified atom stereocenters. The molecule has 1 amide bonds. The zero-order valence-electron chi connectivity index (χ0n) is 18.6. The number of anilines is 3. The third-order valence-electron chi connectivity index (χ3n) is 5.59. The Hall–Kier alpha value is -2.71. The first-order valence-corrected chi connectivity index (χ1v) is 10.9. The van der Waals surface area contributed by atoms with E-state index in [0.717, 1.165) is 42.6 Å². The predicted octanol–water partition coefficient (Wildman–Crippen LogP) is 3.01. The van der Waals surface area contributed by atoms with Crippen molar-refractivity contribution in [3.63, 3.8) is 0 Å². The highest BCUT2D eigenvalue weighted by molar-refractivity contribution is 5.97. The van der Waals surface area contributed by atoms with E-state index in [0.29, 0.717) is 24.3 Å². The molecule has 3 rings (SSSR count). The molecule has 0 spiro atoms. The molecule has 1 saturated carbocycles. The van der Waals surface area contributed by atoms with Crippen LogP contribution in [-0.2, 0) is 6.42 Å². The molecule has 7 N–H and O–H groups in total. The van der Waals surface area contributed by atoms with Crippen molar-refractivity contribution >= 4 is 23.1 Å². The molecule has 1 aliphatic rings. The highest BCUT2D eigenvalue weighted by Crippen LogP contribution is 2.26. The summed E-state index contributed by atoms with van der Waals surface area (Å²) in [5, 5.41) is 16.7. The zero-order valence-corrected chi connectivity index (χ0v) is 18.6. The first kappa shape index (κ1) is 23.0. The molecule has 8 heteroatoms. The molecule has 0 saturated heterocycles. The number of nitrogens with zero attached hydrogens (tertiary/aromatic N) is 2. The fourth-order valence-electron chi connectivity index (χ4n) is 3.92. The lowest BCUT2D eigenvalue weighted by Crippen LogP contribution is -2.42. The number of carbonyl (C=O) groups is 1. The number of rotatable bonds is 8. The molecule has 0 aromatic carbocycles. The largest absolute Gasteiger partial charge is 0.390 e. The summed E-state index contributed by atoms with van der Waals surface area (Å²) in [5.74, 6) is -0.0140. The Balaban J connectivity index is 1.83. The van der Waals surface area contributed by atoms with Crippen LogP contribution in [0.1, 0.15) is 67.7 Å². The highest BCUT2D eigenvalue weighted by Gasteiger charge is 2.22. The Morgan fingerprint density at radius 3 is 2.68 bits per heavy atom. The molecule has 2 atom stereocenters. The Morgan fingerprint density at radius 1 is 1.26 bits per heavy atom. The number of amides is 1. The summed E-state index contributed by atoms with van der Waals surface area (Å²) in [7, 11) is 0. The lowest BCUT2D eigenvalue weighted by molar-refractivity contribution is 0.0714. The summed E-state index contributed by atoms with van der Waals surface area (Å²) in [4.78, 5) is 20.8. The highest BCUT2D eigenvalue weighted by atomic mass is 16.3. The number of aliphatic hydroxyl groups is 1. The van der Waals surface area contributed by atoms with E-state index >= 15 is 0 Å². The number of primary amides is 1. The Labute approximate surface area is 183 Å². The Kier molecular flexibility index (Phi) is 7.12. The monoisotopic (exact) mass is 426 g/mol. The topological polar surface area (TPSA) is 139 Å². The van der Waals surface area contributed by atoms with E-state index in [9.17, 15) is 9.90 Å². The summed E-state index contributed by atoms with van der Waals surface area (Å²) in [6.07, 6.45) is 7.26. The summed E-state index contributed by atoms with van der Waals surface area (Å²) in [6.45, 7) is 5.50. The Morgan fingerprint density at radius 2 is 2.00 bits per heavy atom. The third-order valence-corrected chi connectivity index (χ3v) is 5.59. The average molecular weight is 427 g/mol. The number of aryl methyl sites for hydroxylation is 2. The van der Waals surface area contributed by atoms with Gasteiger partial charge in [-0.3, -0.25) is 4.79 Å². The van der Waals surface area contributed by atoms with Gasteiger partial charge in [0.1, 0.15) is 5.82 Å². The van der Waals surface area contributed by atoms with E-state index in [2.05, 4.69) is 20.6 Å². The SMILES string of the molecule is Cc1cc(CCC(C)(C)O)cc(Nc2cc(N[C@@H]3CCCC[C@@H]3N)cnc2C(N)=O)n1. The summed E-state index contributed by atoms with van der Waals surface area (Å²) < 4.78 is 0. The first-order chi connectivity index (χ1) is 14.6. The van der Waals surface area contributed by atoms with Crippen molar-refractivity contribution in [2.45, 2.75) is 77.0 Å². The van der Waals surface area contributed by atoms with Gasteiger partial charge in [-0.2, -0.15) is 0 Å². The zero-order chi connectivity index (χ0) is 22.6. The van der Waals surface area contributed by atoms with Crippen molar-refractivity contribution < 1.29 is 9.90 Å². The number of pyridine rings is 2. The number of carbonyl (C=O) groups excluding carboxylic acids is 1. The van der Waals surface area contributed by atoms with Gasteiger partial charge in [0, 0.05) is 17.8 Å².